The molecule has 130 valence electrons. The molecular weight excluding hydrogens is 300 g/mol. The maximum Gasteiger partial charge on any atom is 0.00637 e. The zero-order chi connectivity index (χ0) is 18.2. The van der Waals surface area contributed by atoms with Crippen molar-refractivity contribution in [3.63, 3.8) is 0 Å². The van der Waals surface area contributed by atoms with Crippen molar-refractivity contribution in [2.45, 2.75) is 46.5 Å². The molecule has 3 aromatic rings. The maximum atomic E-state index is 2.39. The molecule has 0 heteroatoms. The van der Waals surface area contributed by atoms with E-state index in [2.05, 4.69) is 99.6 Å². The summed E-state index contributed by atoms with van der Waals surface area (Å²) in [6.07, 6.45) is 0. The lowest BCUT2D eigenvalue weighted by Crippen LogP contribution is -2.02. The highest BCUT2D eigenvalue weighted by molar-refractivity contribution is 5.42. The predicted molar refractivity (Wildman–Crippen MR) is 110 cm³/mol. The summed E-state index contributed by atoms with van der Waals surface area (Å²) in [5, 5.41) is 0. The van der Waals surface area contributed by atoms with E-state index >= 15 is 0 Å². The van der Waals surface area contributed by atoms with E-state index in [-0.39, 0.29) is 0 Å². The molecule has 0 nitrogen and oxygen atoms in total. The van der Waals surface area contributed by atoms with Gasteiger partial charge in [-0.1, -0.05) is 107 Å². The molecule has 25 heavy (non-hydrogen) atoms. The Kier molecular flexibility index (Phi) is 7.01. The third kappa shape index (κ3) is 4.60. The van der Waals surface area contributed by atoms with E-state index < -0.39 is 0 Å². The maximum absolute atomic E-state index is 2.39. The summed E-state index contributed by atoms with van der Waals surface area (Å²) in [6, 6.07) is 28.4. The van der Waals surface area contributed by atoms with Gasteiger partial charge in [0.25, 0.3) is 0 Å². The van der Waals surface area contributed by atoms with Crippen molar-refractivity contribution in [2.75, 3.05) is 0 Å². The Morgan fingerprint density at radius 3 is 1.56 bits per heavy atom. The molecular formula is C25H30. The Morgan fingerprint density at radius 2 is 1.04 bits per heavy atom. The first-order valence-electron chi connectivity index (χ1n) is 9.37. The van der Waals surface area contributed by atoms with Crippen LogP contribution in [0, 0.1) is 6.92 Å². The summed E-state index contributed by atoms with van der Waals surface area (Å²) in [4.78, 5) is 0. The highest BCUT2D eigenvalue weighted by Crippen LogP contribution is 2.31. The van der Waals surface area contributed by atoms with Gasteiger partial charge in [0.2, 0.25) is 0 Å². The van der Waals surface area contributed by atoms with E-state index in [1.165, 1.54) is 27.8 Å². The first-order chi connectivity index (χ1) is 12.2. The van der Waals surface area contributed by atoms with Gasteiger partial charge in [-0.3, -0.25) is 0 Å². The SMILES string of the molecule is CC.Cc1ccc(C(C)c2ccccc2)cc1C(C)c1ccccc1. The summed E-state index contributed by atoms with van der Waals surface area (Å²) in [5.41, 5.74) is 6.93. The second-order valence-corrected chi connectivity index (χ2v) is 6.38. The van der Waals surface area contributed by atoms with Gasteiger partial charge in [-0.15, -0.1) is 0 Å². The van der Waals surface area contributed by atoms with Gasteiger partial charge in [-0.2, -0.15) is 0 Å². The van der Waals surface area contributed by atoms with Crippen molar-refractivity contribution in [3.05, 3.63) is 107 Å². The van der Waals surface area contributed by atoms with E-state index in [1.54, 1.807) is 0 Å². The fourth-order valence-electron chi connectivity index (χ4n) is 3.25. The molecule has 0 bridgehead atoms. The quantitative estimate of drug-likeness (QED) is 0.470. The first-order valence-corrected chi connectivity index (χ1v) is 9.37. The highest BCUT2D eigenvalue weighted by Gasteiger charge is 2.14. The Bertz CT molecular complexity index is 757. The predicted octanol–water partition coefficient (Wildman–Crippen LogP) is 7.32. The van der Waals surface area contributed by atoms with E-state index in [0.29, 0.717) is 11.8 Å². The average Bonchev–Trinajstić information content (AvgIpc) is 2.70. The molecule has 0 aromatic heterocycles. The third-order valence-corrected chi connectivity index (χ3v) is 4.87. The van der Waals surface area contributed by atoms with Gasteiger partial charge >= 0.3 is 0 Å². The van der Waals surface area contributed by atoms with Gasteiger partial charge in [0.15, 0.2) is 0 Å². The van der Waals surface area contributed by atoms with Crippen molar-refractivity contribution in [1.29, 1.82) is 0 Å². The minimum Gasteiger partial charge on any atom is -0.0683 e. The summed E-state index contributed by atoms with van der Waals surface area (Å²) < 4.78 is 0. The number of aryl methyl sites for hydroxylation is 1. The van der Waals surface area contributed by atoms with Crippen LogP contribution in [-0.2, 0) is 0 Å². The molecule has 0 amide bonds. The minimum absolute atomic E-state index is 0.415. The first kappa shape index (κ1) is 19.0. The average molecular weight is 331 g/mol. The highest BCUT2D eigenvalue weighted by atomic mass is 14.2. The second kappa shape index (κ2) is 9.22. The lowest BCUT2D eigenvalue weighted by molar-refractivity contribution is 0.878. The third-order valence-electron chi connectivity index (χ3n) is 4.87. The molecule has 0 N–H and O–H groups in total. The lowest BCUT2D eigenvalue weighted by Gasteiger charge is -2.19. The van der Waals surface area contributed by atoms with Gasteiger partial charge in [0.05, 0.1) is 0 Å². The van der Waals surface area contributed by atoms with Crippen molar-refractivity contribution >= 4 is 0 Å². The Balaban J connectivity index is 0.00000109. The van der Waals surface area contributed by atoms with Crippen LogP contribution in [-0.4, -0.2) is 0 Å². The molecule has 0 fully saturated rings. The molecule has 0 spiro atoms. The summed E-state index contributed by atoms with van der Waals surface area (Å²) in [5.74, 6) is 0.831. The van der Waals surface area contributed by atoms with Crippen LogP contribution in [0.4, 0.5) is 0 Å². The van der Waals surface area contributed by atoms with Crippen LogP contribution in [0.2, 0.25) is 0 Å². The van der Waals surface area contributed by atoms with Gasteiger partial charge in [-0.25, -0.2) is 0 Å². The molecule has 3 aromatic carbocycles. The Morgan fingerprint density at radius 1 is 0.560 bits per heavy atom. The normalized spacial score (nSPS) is 12.7. The van der Waals surface area contributed by atoms with Crippen LogP contribution >= 0.6 is 0 Å². The molecule has 0 aliphatic carbocycles. The summed E-state index contributed by atoms with van der Waals surface area (Å²) in [7, 11) is 0. The summed E-state index contributed by atoms with van der Waals surface area (Å²) >= 11 is 0. The largest absolute Gasteiger partial charge is 0.0683 e. The molecule has 0 aliphatic rings. The smallest absolute Gasteiger partial charge is 0.00637 e. The van der Waals surface area contributed by atoms with Crippen molar-refractivity contribution in [3.8, 4) is 0 Å². The standard InChI is InChI=1S/C23H24.C2H6/c1-17-14-15-22(18(2)20-10-6-4-7-11-20)16-23(17)19(3)21-12-8-5-9-13-21;1-2/h4-16,18-19H,1-3H3;1-2H3. The number of hydrogen-bond acceptors (Lipinski definition) is 0. The van der Waals surface area contributed by atoms with Crippen molar-refractivity contribution in [2.24, 2.45) is 0 Å². The van der Waals surface area contributed by atoms with Crippen LogP contribution < -0.4 is 0 Å². The Labute approximate surface area is 153 Å². The molecule has 0 heterocycles. The van der Waals surface area contributed by atoms with Crippen LogP contribution in [0.3, 0.4) is 0 Å². The van der Waals surface area contributed by atoms with Crippen LogP contribution in [0.15, 0.2) is 78.9 Å². The lowest BCUT2D eigenvalue weighted by atomic mass is 9.85. The van der Waals surface area contributed by atoms with E-state index in [4.69, 9.17) is 0 Å². The monoisotopic (exact) mass is 330 g/mol. The molecule has 0 saturated carbocycles. The minimum atomic E-state index is 0.415. The van der Waals surface area contributed by atoms with Crippen molar-refractivity contribution in [1.82, 2.24) is 0 Å². The molecule has 0 radical (unpaired) electrons. The molecule has 0 saturated heterocycles. The van der Waals surface area contributed by atoms with Crippen LogP contribution in [0.5, 0.6) is 0 Å². The summed E-state index contributed by atoms with van der Waals surface area (Å²) in [6.45, 7) is 10.8. The van der Waals surface area contributed by atoms with E-state index in [9.17, 15) is 0 Å². The fraction of sp³-hybridized carbons (Fsp3) is 0.280. The number of hydrogen-bond donors (Lipinski definition) is 0. The van der Waals surface area contributed by atoms with Gasteiger partial charge in [-0.05, 0) is 34.7 Å². The molecule has 2 unspecified atom stereocenters. The zero-order valence-electron chi connectivity index (χ0n) is 16.2. The second-order valence-electron chi connectivity index (χ2n) is 6.38. The van der Waals surface area contributed by atoms with Gasteiger partial charge < -0.3 is 0 Å². The topological polar surface area (TPSA) is 0 Å². The number of rotatable bonds is 4. The molecule has 0 aliphatic heterocycles. The van der Waals surface area contributed by atoms with E-state index in [1.807, 2.05) is 13.8 Å². The van der Waals surface area contributed by atoms with Crippen LogP contribution in [0.1, 0.15) is 67.3 Å². The molecule has 3 rings (SSSR count). The van der Waals surface area contributed by atoms with E-state index in [0.717, 1.165) is 0 Å². The van der Waals surface area contributed by atoms with Crippen LogP contribution in [0.25, 0.3) is 0 Å². The fourth-order valence-corrected chi connectivity index (χ4v) is 3.25. The van der Waals surface area contributed by atoms with Gasteiger partial charge in [0, 0.05) is 11.8 Å². The number of benzene rings is 3. The Hall–Kier alpha value is -2.34. The zero-order valence-corrected chi connectivity index (χ0v) is 16.2. The molecule has 2 atom stereocenters. The van der Waals surface area contributed by atoms with Crippen molar-refractivity contribution < 1.29 is 0 Å². The van der Waals surface area contributed by atoms with Gasteiger partial charge in [0.1, 0.15) is 0 Å².